The van der Waals surface area contributed by atoms with Crippen LogP contribution < -0.4 is 9.47 Å². The van der Waals surface area contributed by atoms with Crippen molar-refractivity contribution in [1.29, 1.82) is 0 Å². The van der Waals surface area contributed by atoms with Gasteiger partial charge in [0.1, 0.15) is 11.2 Å². The summed E-state index contributed by atoms with van der Waals surface area (Å²) in [5.41, 5.74) is -0.706. The van der Waals surface area contributed by atoms with Gasteiger partial charge in [0.25, 0.3) is 0 Å². The summed E-state index contributed by atoms with van der Waals surface area (Å²) in [6.45, 7) is 12.9. The van der Waals surface area contributed by atoms with Gasteiger partial charge < -0.3 is 19.7 Å². The van der Waals surface area contributed by atoms with Gasteiger partial charge in [-0.1, -0.05) is 33.8 Å². The van der Waals surface area contributed by atoms with Crippen LogP contribution in [0.3, 0.4) is 0 Å². The monoisotopic (exact) mass is 440 g/mol. The van der Waals surface area contributed by atoms with Crippen LogP contribution in [0.4, 0.5) is 0 Å². The zero-order valence-electron chi connectivity index (χ0n) is 20.8. The number of ether oxygens (including phenoxy) is 2. The molecule has 1 aliphatic heterocycles. The molecule has 0 aromatic heterocycles. The second kappa shape index (κ2) is 5.68. The van der Waals surface area contributed by atoms with Gasteiger partial charge in [-0.05, 0) is 86.7 Å². The number of rotatable bonds is 2. The van der Waals surface area contributed by atoms with Crippen molar-refractivity contribution in [2.75, 3.05) is 7.11 Å². The Morgan fingerprint density at radius 1 is 1.12 bits per heavy atom. The Morgan fingerprint density at radius 2 is 1.84 bits per heavy atom. The molecule has 4 bridgehead atoms. The van der Waals surface area contributed by atoms with Gasteiger partial charge in [0.05, 0.1) is 12.7 Å². The maximum Gasteiger partial charge on any atom is 0.166 e. The molecule has 1 heterocycles. The Bertz CT molecular complexity index is 1010. The van der Waals surface area contributed by atoms with Gasteiger partial charge in [-0.25, -0.2) is 0 Å². The van der Waals surface area contributed by atoms with E-state index in [1.807, 2.05) is 6.92 Å². The van der Waals surface area contributed by atoms with Crippen molar-refractivity contribution in [2.45, 2.75) is 102 Å². The molecule has 2 spiro atoms. The lowest BCUT2D eigenvalue weighted by molar-refractivity contribution is -0.339. The Labute approximate surface area is 192 Å². The van der Waals surface area contributed by atoms with E-state index in [0.717, 1.165) is 43.6 Å². The normalized spacial score (nSPS) is 47.5. The highest BCUT2D eigenvalue weighted by molar-refractivity contribution is 5.65. The molecule has 1 aromatic carbocycles. The Hall–Kier alpha value is -1.26. The first-order chi connectivity index (χ1) is 14.8. The molecule has 5 aliphatic carbocycles. The predicted octanol–water partition coefficient (Wildman–Crippen LogP) is 5.01. The maximum absolute atomic E-state index is 12.7. The smallest absolute Gasteiger partial charge is 0.166 e. The number of hydrogen-bond donors (Lipinski definition) is 2. The number of methoxy groups -OCH3 is 1. The number of benzene rings is 1. The summed E-state index contributed by atoms with van der Waals surface area (Å²) in [5, 5.41) is 24.7. The number of hydrogen-bond acceptors (Lipinski definition) is 4. The molecule has 4 saturated carbocycles. The van der Waals surface area contributed by atoms with E-state index in [2.05, 4.69) is 46.8 Å². The van der Waals surface area contributed by atoms with Crippen LogP contribution in [0, 0.1) is 28.6 Å². The molecule has 8 atom stereocenters. The van der Waals surface area contributed by atoms with Crippen molar-refractivity contribution in [1.82, 2.24) is 0 Å². The van der Waals surface area contributed by atoms with Crippen molar-refractivity contribution in [3.63, 3.8) is 0 Å². The average molecular weight is 441 g/mol. The van der Waals surface area contributed by atoms with Gasteiger partial charge in [-0.15, -0.1) is 0 Å². The third-order valence-electron chi connectivity index (χ3n) is 11.8. The van der Waals surface area contributed by atoms with Gasteiger partial charge in [-0.3, -0.25) is 0 Å². The van der Waals surface area contributed by atoms with Crippen LogP contribution in [0.15, 0.2) is 12.1 Å². The second-order valence-electron chi connectivity index (χ2n) is 13.2. The van der Waals surface area contributed by atoms with E-state index in [-0.39, 0.29) is 22.2 Å². The van der Waals surface area contributed by atoms with E-state index >= 15 is 0 Å². The molecule has 0 radical (unpaired) electrons. The van der Waals surface area contributed by atoms with Crippen LogP contribution in [-0.2, 0) is 11.8 Å². The molecule has 1 aromatic rings. The standard InChI is InChI=1S/C28H40O4/c1-16-10-11-27-21-17-8-9-19(31-7)22(21)32-25(27,6)28(30)13-12-26(27,18(16)14-17)15-20(28)24(5,29)23(2,3)4/h8-9,16,18,20,29-30H,10-15H2,1-7H3/t16?,18-,20+,24-,25-,26+,27?,28+/m0/s1. The van der Waals surface area contributed by atoms with E-state index in [0.29, 0.717) is 18.3 Å². The highest BCUT2D eigenvalue weighted by Crippen LogP contribution is 2.82. The first-order valence-corrected chi connectivity index (χ1v) is 12.6. The fourth-order valence-electron chi connectivity index (χ4n) is 9.67. The second-order valence-corrected chi connectivity index (χ2v) is 13.2. The fourth-order valence-corrected chi connectivity index (χ4v) is 9.67. The minimum absolute atomic E-state index is 0.0361. The summed E-state index contributed by atoms with van der Waals surface area (Å²) in [7, 11) is 1.71. The van der Waals surface area contributed by atoms with Crippen LogP contribution in [0.1, 0.15) is 84.8 Å². The molecule has 176 valence electrons. The van der Waals surface area contributed by atoms with Crippen molar-refractivity contribution >= 4 is 0 Å². The lowest BCUT2D eigenvalue weighted by Crippen LogP contribution is -2.85. The highest BCUT2D eigenvalue weighted by Gasteiger charge is 2.86. The van der Waals surface area contributed by atoms with Crippen molar-refractivity contribution in [3.8, 4) is 11.5 Å². The molecule has 4 fully saturated rings. The SMILES string of the molecule is COc1ccc2c3c1O[C@@]1(C)C34CCC(C)[C@H](C2)[C@]42CC[C@@]1(O)[C@@H]([C@](C)(O)C(C)(C)C)C2. The average Bonchev–Trinajstić information content (AvgIpc) is 3.00. The lowest BCUT2D eigenvalue weighted by Gasteiger charge is -2.77. The maximum atomic E-state index is 12.7. The topological polar surface area (TPSA) is 58.9 Å². The Kier molecular flexibility index (Phi) is 3.78. The molecule has 2 unspecified atom stereocenters. The number of fused-ring (bicyclic) bond motifs is 2. The summed E-state index contributed by atoms with van der Waals surface area (Å²) >= 11 is 0. The molecule has 4 nitrogen and oxygen atoms in total. The molecule has 0 saturated heterocycles. The minimum atomic E-state index is -1.10. The van der Waals surface area contributed by atoms with Crippen molar-refractivity contribution in [2.24, 2.45) is 28.6 Å². The Morgan fingerprint density at radius 3 is 2.50 bits per heavy atom. The minimum Gasteiger partial charge on any atom is -0.493 e. The summed E-state index contributed by atoms with van der Waals surface area (Å²) in [6, 6.07) is 4.31. The van der Waals surface area contributed by atoms with Crippen molar-refractivity contribution < 1.29 is 19.7 Å². The van der Waals surface area contributed by atoms with Gasteiger partial charge in [0.15, 0.2) is 11.5 Å². The summed E-state index contributed by atoms with van der Waals surface area (Å²) < 4.78 is 12.8. The Balaban J connectivity index is 1.68. The molecular weight excluding hydrogens is 400 g/mol. The number of aliphatic hydroxyl groups is 2. The van der Waals surface area contributed by atoms with Gasteiger partial charge in [0.2, 0.25) is 0 Å². The van der Waals surface area contributed by atoms with E-state index in [1.54, 1.807) is 7.11 Å². The largest absolute Gasteiger partial charge is 0.493 e. The van der Waals surface area contributed by atoms with Crippen LogP contribution >= 0.6 is 0 Å². The molecule has 0 amide bonds. The summed E-state index contributed by atoms with van der Waals surface area (Å²) in [4.78, 5) is 0. The van der Waals surface area contributed by atoms with Gasteiger partial charge in [-0.2, -0.15) is 0 Å². The van der Waals surface area contributed by atoms with E-state index < -0.39 is 16.8 Å². The zero-order chi connectivity index (χ0) is 23.1. The van der Waals surface area contributed by atoms with E-state index in [9.17, 15) is 10.2 Å². The quantitative estimate of drug-likeness (QED) is 0.678. The third kappa shape index (κ3) is 1.87. The fraction of sp³-hybridized carbons (Fsp3) is 0.786. The third-order valence-corrected chi connectivity index (χ3v) is 11.8. The van der Waals surface area contributed by atoms with Crippen molar-refractivity contribution in [3.05, 3.63) is 23.3 Å². The van der Waals surface area contributed by atoms with E-state index in [1.165, 1.54) is 11.1 Å². The first-order valence-electron chi connectivity index (χ1n) is 12.6. The zero-order valence-corrected chi connectivity index (χ0v) is 20.8. The molecule has 7 rings (SSSR count). The lowest BCUT2D eigenvalue weighted by atomic mass is 9.27. The van der Waals surface area contributed by atoms with E-state index in [4.69, 9.17) is 9.47 Å². The van der Waals surface area contributed by atoms with Crippen LogP contribution in [0.5, 0.6) is 11.5 Å². The molecule has 2 N–H and O–H groups in total. The molecular formula is C28H40O4. The molecule has 4 heteroatoms. The van der Waals surface area contributed by atoms with Crippen LogP contribution in [-0.4, -0.2) is 34.1 Å². The summed E-state index contributed by atoms with van der Waals surface area (Å²) in [5.74, 6) is 2.59. The molecule has 32 heavy (non-hydrogen) atoms. The highest BCUT2D eigenvalue weighted by atomic mass is 16.5. The van der Waals surface area contributed by atoms with Gasteiger partial charge >= 0.3 is 0 Å². The molecule has 6 aliphatic rings. The summed E-state index contributed by atoms with van der Waals surface area (Å²) in [6.07, 6.45) is 5.86. The van der Waals surface area contributed by atoms with Crippen LogP contribution in [0.2, 0.25) is 0 Å². The first kappa shape index (κ1) is 21.3. The predicted molar refractivity (Wildman–Crippen MR) is 124 cm³/mol. The van der Waals surface area contributed by atoms with Gasteiger partial charge in [0, 0.05) is 16.9 Å². The van der Waals surface area contributed by atoms with Crippen LogP contribution in [0.25, 0.3) is 0 Å².